The second-order valence-corrected chi connectivity index (χ2v) is 6.52. The Hall–Kier alpha value is -3.18. The molecule has 4 rings (SSSR count). The van der Waals surface area contributed by atoms with Gasteiger partial charge in [-0.25, -0.2) is 14.8 Å². The Morgan fingerprint density at radius 1 is 0.846 bits per heavy atom. The molecule has 0 unspecified atom stereocenters. The molecule has 26 heavy (non-hydrogen) atoms. The molecule has 0 saturated carbocycles. The van der Waals surface area contributed by atoms with Crippen molar-refractivity contribution in [3.63, 3.8) is 0 Å². The number of rotatable bonds is 4. The van der Waals surface area contributed by atoms with Gasteiger partial charge in [-0.1, -0.05) is 66.4 Å². The summed E-state index contributed by atoms with van der Waals surface area (Å²) in [6.07, 6.45) is 1.72. The largest absolute Gasteiger partial charge is 0.402 e. The number of aromatic nitrogens is 1. The Labute approximate surface area is 155 Å². The summed E-state index contributed by atoms with van der Waals surface area (Å²) < 4.78 is 5.42. The highest BCUT2D eigenvalue weighted by atomic mass is 32.2. The monoisotopic (exact) mass is 358 g/mol. The molecule has 0 saturated heterocycles. The van der Waals surface area contributed by atoms with E-state index in [2.05, 4.69) is 9.98 Å². The number of ether oxygens (including phenoxy) is 1. The number of aliphatic imine (C=N–C) groups is 1. The Kier molecular flexibility index (Phi) is 4.62. The fourth-order valence-electron chi connectivity index (χ4n) is 2.50. The molecule has 2 aromatic carbocycles. The molecule has 0 fully saturated rings. The van der Waals surface area contributed by atoms with Crippen molar-refractivity contribution < 1.29 is 9.53 Å². The fraction of sp³-hybridized carbons (Fsp3) is 0. The average Bonchev–Trinajstić information content (AvgIpc) is 3.10. The highest BCUT2D eigenvalue weighted by Crippen LogP contribution is 2.38. The molecule has 0 spiro atoms. The van der Waals surface area contributed by atoms with Gasteiger partial charge in [0.1, 0.15) is 5.03 Å². The number of benzene rings is 2. The van der Waals surface area contributed by atoms with Gasteiger partial charge in [0.2, 0.25) is 5.90 Å². The van der Waals surface area contributed by atoms with Crippen molar-refractivity contribution in [3.8, 4) is 0 Å². The number of hydrogen-bond acceptors (Lipinski definition) is 5. The molecular formula is C21H14N2O2S. The third-order valence-corrected chi connectivity index (χ3v) is 4.80. The zero-order valence-corrected chi connectivity index (χ0v) is 14.5. The van der Waals surface area contributed by atoms with E-state index >= 15 is 0 Å². The topological polar surface area (TPSA) is 51.5 Å². The van der Waals surface area contributed by atoms with Gasteiger partial charge in [-0.2, -0.15) is 0 Å². The van der Waals surface area contributed by atoms with Crippen LogP contribution in [0.25, 0.3) is 4.91 Å². The maximum Gasteiger partial charge on any atom is 0.365 e. The molecule has 5 heteroatoms. The number of thioether (sulfide) groups is 1. The van der Waals surface area contributed by atoms with Crippen molar-refractivity contribution in [1.82, 2.24) is 4.98 Å². The summed E-state index contributed by atoms with van der Waals surface area (Å²) >= 11 is 1.40. The van der Waals surface area contributed by atoms with E-state index in [9.17, 15) is 4.79 Å². The van der Waals surface area contributed by atoms with Crippen LogP contribution in [0.4, 0.5) is 0 Å². The molecule has 126 valence electrons. The first-order chi connectivity index (χ1) is 12.8. The predicted molar refractivity (Wildman–Crippen MR) is 103 cm³/mol. The van der Waals surface area contributed by atoms with Crippen LogP contribution >= 0.6 is 11.8 Å². The van der Waals surface area contributed by atoms with E-state index in [1.54, 1.807) is 6.20 Å². The number of esters is 1. The van der Waals surface area contributed by atoms with Crippen LogP contribution in [0, 0.1) is 0 Å². The quantitative estimate of drug-likeness (QED) is 0.390. The van der Waals surface area contributed by atoms with E-state index in [0.29, 0.717) is 11.6 Å². The van der Waals surface area contributed by atoms with Crippen LogP contribution in [0.15, 0.2) is 101 Å². The maximum atomic E-state index is 12.5. The lowest BCUT2D eigenvalue weighted by molar-refractivity contribution is -0.129. The predicted octanol–water partition coefficient (Wildman–Crippen LogP) is 4.55. The molecule has 1 aromatic heterocycles. The van der Waals surface area contributed by atoms with Crippen molar-refractivity contribution in [2.45, 2.75) is 5.03 Å². The van der Waals surface area contributed by atoms with Crippen LogP contribution in [-0.2, 0) is 9.53 Å². The van der Waals surface area contributed by atoms with E-state index in [4.69, 9.17) is 4.74 Å². The zero-order chi connectivity index (χ0) is 17.8. The smallest absolute Gasteiger partial charge is 0.365 e. The van der Waals surface area contributed by atoms with Crippen molar-refractivity contribution in [2.24, 2.45) is 4.99 Å². The molecule has 0 N–H and O–H groups in total. The number of hydrogen-bond donors (Lipinski definition) is 0. The summed E-state index contributed by atoms with van der Waals surface area (Å²) in [6, 6.07) is 24.7. The number of carbonyl (C=O) groups excluding carboxylic acids is 1. The van der Waals surface area contributed by atoms with Gasteiger partial charge in [-0.3, -0.25) is 0 Å². The molecule has 0 radical (unpaired) electrons. The first-order valence-electron chi connectivity index (χ1n) is 8.06. The van der Waals surface area contributed by atoms with Gasteiger partial charge in [0.15, 0.2) is 5.70 Å². The Morgan fingerprint density at radius 2 is 1.54 bits per heavy atom. The Balaban J connectivity index is 1.81. The normalized spacial score (nSPS) is 15.4. The molecule has 3 aromatic rings. The Morgan fingerprint density at radius 3 is 2.23 bits per heavy atom. The van der Waals surface area contributed by atoms with Crippen molar-refractivity contribution in [3.05, 3.63) is 102 Å². The second kappa shape index (κ2) is 7.37. The zero-order valence-electron chi connectivity index (χ0n) is 13.7. The van der Waals surface area contributed by atoms with E-state index < -0.39 is 5.97 Å². The lowest BCUT2D eigenvalue weighted by atomic mass is 10.2. The van der Waals surface area contributed by atoms with E-state index in [1.165, 1.54) is 11.8 Å². The molecule has 0 bridgehead atoms. The van der Waals surface area contributed by atoms with Crippen molar-refractivity contribution in [1.29, 1.82) is 0 Å². The average molecular weight is 358 g/mol. The van der Waals surface area contributed by atoms with Crippen molar-refractivity contribution in [2.75, 3.05) is 0 Å². The summed E-state index contributed by atoms with van der Waals surface area (Å²) in [6.45, 7) is 0. The lowest BCUT2D eigenvalue weighted by Gasteiger charge is -2.07. The van der Waals surface area contributed by atoms with Gasteiger partial charge < -0.3 is 4.74 Å². The summed E-state index contributed by atoms with van der Waals surface area (Å²) in [5.74, 6) is -0.133. The molecule has 1 aliphatic rings. The molecule has 1 aliphatic heterocycles. The Bertz CT molecular complexity index is 984. The SMILES string of the molecule is O=C1OC(c2ccccc2)=NC1=C(Sc1ccccn1)c1ccccc1. The van der Waals surface area contributed by atoms with Gasteiger partial charge in [-0.15, -0.1) is 0 Å². The third kappa shape index (κ3) is 3.43. The van der Waals surface area contributed by atoms with Crippen molar-refractivity contribution >= 4 is 28.5 Å². The molecule has 2 heterocycles. The standard InChI is InChI=1S/C21H14N2O2S/c24-21-18(23-20(25-21)16-11-5-2-6-12-16)19(15-9-3-1-4-10-15)26-17-13-7-8-14-22-17/h1-14H. The minimum Gasteiger partial charge on any atom is -0.402 e. The van der Waals surface area contributed by atoms with Crippen LogP contribution in [0.5, 0.6) is 0 Å². The minimum atomic E-state index is -0.453. The lowest BCUT2D eigenvalue weighted by Crippen LogP contribution is -2.05. The number of carbonyl (C=O) groups is 1. The van der Waals surface area contributed by atoms with Crippen LogP contribution < -0.4 is 0 Å². The molecule has 4 nitrogen and oxygen atoms in total. The van der Waals surface area contributed by atoms with Gasteiger partial charge in [0.25, 0.3) is 0 Å². The number of nitrogens with zero attached hydrogens (tertiary/aromatic N) is 2. The van der Waals surface area contributed by atoms with Crippen LogP contribution in [0.3, 0.4) is 0 Å². The highest BCUT2D eigenvalue weighted by Gasteiger charge is 2.28. The van der Waals surface area contributed by atoms with Crippen LogP contribution in [-0.4, -0.2) is 16.9 Å². The fourth-order valence-corrected chi connectivity index (χ4v) is 3.45. The van der Waals surface area contributed by atoms with Gasteiger partial charge >= 0.3 is 5.97 Å². The summed E-state index contributed by atoms with van der Waals surface area (Å²) in [5, 5.41) is 0.787. The molecule has 0 amide bonds. The number of cyclic esters (lactones) is 1. The minimum absolute atomic E-state index is 0.297. The third-order valence-electron chi connectivity index (χ3n) is 3.71. The van der Waals surface area contributed by atoms with Crippen LogP contribution in [0.2, 0.25) is 0 Å². The summed E-state index contributed by atoms with van der Waals surface area (Å²) in [4.78, 5) is 22.1. The summed E-state index contributed by atoms with van der Waals surface area (Å²) in [7, 11) is 0. The molecule has 0 aliphatic carbocycles. The van der Waals surface area contributed by atoms with E-state index in [-0.39, 0.29) is 0 Å². The van der Waals surface area contributed by atoms with E-state index in [1.807, 2.05) is 78.9 Å². The first kappa shape index (κ1) is 16.3. The van der Waals surface area contributed by atoms with Gasteiger partial charge in [-0.05, 0) is 29.8 Å². The molecule has 0 atom stereocenters. The molecular weight excluding hydrogens is 344 g/mol. The number of pyridine rings is 1. The second-order valence-electron chi connectivity index (χ2n) is 5.49. The van der Waals surface area contributed by atoms with E-state index in [0.717, 1.165) is 21.1 Å². The summed E-state index contributed by atoms with van der Waals surface area (Å²) in [5.41, 5.74) is 1.96. The van der Waals surface area contributed by atoms with Gasteiger partial charge in [0, 0.05) is 11.8 Å². The maximum absolute atomic E-state index is 12.5. The van der Waals surface area contributed by atoms with Crippen LogP contribution in [0.1, 0.15) is 11.1 Å². The van der Waals surface area contributed by atoms with Gasteiger partial charge in [0.05, 0.1) is 4.91 Å². The highest BCUT2D eigenvalue weighted by molar-refractivity contribution is 8.08. The first-order valence-corrected chi connectivity index (χ1v) is 8.88.